The molecule has 11 heteroatoms. The number of piperidine rings is 1. The Labute approximate surface area is 206 Å². The van der Waals surface area contributed by atoms with Crippen molar-refractivity contribution in [3.8, 4) is 0 Å². The number of fused-ring (bicyclic) bond motifs is 1. The van der Waals surface area contributed by atoms with Crippen molar-refractivity contribution in [1.29, 1.82) is 0 Å². The van der Waals surface area contributed by atoms with Crippen LogP contribution in [0.2, 0.25) is 0 Å². The molecule has 0 aliphatic carbocycles. The molecule has 0 unspecified atom stereocenters. The van der Waals surface area contributed by atoms with Crippen LogP contribution < -0.4 is 10.5 Å². The highest BCUT2D eigenvalue weighted by Gasteiger charge is 2.33. The van der Waals surface area contributed by atoms with Gasteiger partial charge in [0.15, 0.2) is 0 Å². The molecule has 2 aromatic rings. The van der Waals surface area contributed by atoms with E-state index < -0.39 is 0 Å². The Balaban J connectivity index is 1.70. The third kappa shape index (κ3) is 4.86. The number of esters is 1. The summed E-state index contributed by atoms with van der Waals surface area (Å²) in [4.78, 5) is 47.2. The third-order valence-electron chi connectivity index (χ3n) is 5.83. The molecule has 2 aliphatic heterocycles. The van der Waals surface area contributed by atoms with E-state index in [1.54, 1.807) is 38.4 Å². The van der Waals surface area contributed by atoms with E-state index in [2.05, 4.69) is 0 Å². The molecule has 0 saturated carbocycles. The van der Waals surface area contributed by atoms with Gasteiger partial charge < -0.3 is 14.4 Å². The fourth-order valence-electron chi connectivity index (χ4n) is 4.05. The maximum absolute atomic E-state index is 13.5. The predicted octanol–water partition coefficient (Wildman–Crippen LogP) is 2.32. The zero-order chi connectivity index (χ0) is 24.2. The minimum absolute atomic E-state index is 0.168. The molecule has 0 aromatic carbocycles. The summed E-state index contributed by atoms with van der Waals surface area (Å²) in [5.41, 5.74) is 0.570. The van der Waals surface area contributed by atoms with Gasteiger partial charge in [0.2, 0.25) is 0 Å². The average Bonchev–Trinajstić information content (AvgIpc) is 3.11. The molecular weight excluding hydrogens is 476 g/mol. The number of thiocarbonyl (C=S) groups is 1. The van der Waals surface area contributed by atoms with Gasteiger partial charge in [0.1, 0.15) is 15.8 Å². The largest absolute Gasteiger partial charge is 0.466 e. The van der Waals surface area contributed by atoms with Crippen LogP contribution in [0.25, 0.3) is 11.7 Å². The fourth-order valence-corrected chi connectivity index (χ4v) is 5.34. The summed E-state index contributed by atoms with van der Waals surface area (Å²) < 4.78 is 12.1. The minimum atomic E-state index is -0.268. The number of hydrogen-bond acceptors (Lipinski definition) is 9. The van der Waals surface area contributed by atoms with Crippen molar-refractivity contribution in [3.63, 3.8) is 0 Å². The van der Waals surface area contributed by atoms with Gasteiger partial charge in [-0.3, -0.25) is 23.7 Å². The Morgan fingerprint density at radius 2 is 2.06 bits per heavy atom. The fraction of sp³-hybridized carbons (Fsp3) is 0.435. The summed E-state index contributed by atoms with van der Waals surface area (Å²) >= 11 is 6.53. The summed E-state index contributed by atoms with van der Waals surface area (Å²) in [6.45, 7) is 3.96. The molecule has 0 N–H and O–H groups in total. The molecule has 34 heavy (non-hydrogen) atoms. The smallest absolute Gasteiger partial charge is 0.309 e. The van der Waals surface area contributed by atoms with E-state index in [0.29, 0.717) is 71.9 Å². The molecular formula is C23H26N4O5S2. The van der Waals surface area contributed by atoms with Crippen molar-refractivity contribution >= 4 is 57.7 Å². The van der Waals surface area contributed by atoms with Crippen LogP contribution in [-0.4, -0.2) is 70.4 Å². The molecule has 4 heterocycles. The predicted molar refractivity (Wildman–Crippen MR) is 135 cm³/mol. The molecule has 2 aliphatic rings. The van der Waals surface area contributed by atoms with E-state index in [1.807, 2.05) is 11.0 Å². The Bertz CT molecular complexity index is 1200. The molecule has 0 spiro atoms. The highest BCUT2D eigenvalue weighted by molar-refractivity contribution is 8.26. The molecule has 2 saturated heterocycles. The summed E-state index contributed by atoms with van der Waals surface area (Å²) in [5, 5.41) is 0. The standard InChI is InChI=1S/C23H26N4O5S2/c1-3-32-22(30)15-7-10-25(11-8-15)19-16(20(28)26-9-5-4-6-18(26)24-19)14-17-21(29)27(12-13-31-2)23(33)34-17/h4-6,9,14-15H,3,7-8,10-13H2,1-2H3. The topological polar surface area (TPSA) is 93.5 Å². The van der Waals surface area contributed by atoms with Gasteiger partial charge in [-0.1, -0.05) is 30.0 Å². The normalized spacial score (nSPS) is 18.4. The van der Waals surface area contributed by atoms with Crippen molar-refractivity contribution in [1.82, 2.24) is 14.3 Å². The van der Waals surface area contributed by atoms with Gasteiger partial charge in [-0.05, 0) is 38.0 Å². The van der Waals surface area contributed by atoms with Crippen LogP contribution in [0.3, 0.4) is 0 Å². The van der Waals surface area contributed by atoms with E-state index in [-0.39, 0.29) is 23.4 Å². The molecule has 180 valence electrons. The summed E-state index contributed by atoms with van der Waals surface area (Å²) in [5.74, 6) is -0.107. The lowest BCUT2D eigenvalue weighted by molar-refractivity contribution is -0.148. The van der Waals surface area contributed by atoms with E-state index in [4.69, 9.17) is 26.7 Å². The molecule has 0 atom stereocenters. The number of pyridine rings is 1. The second-order valence-corrected chi connectivity index (χ2v) is 9.60. The van der Waals surface area contributed by atoms with E-state index in [1.165, 1.54) is 9.30 Å². The maximum atomic E-state index is 13.5. The van der Waals surface area contributed by atoms with Gasteiger partial charge in [-0.15, -0.1) is 0 Å². The zero-order valence-corrected chi connectivity index (χ0v) is 20.7. The van der Waals surface area contributed by atoms with Crippen LogP contribution in [0.5, 0.6) is 0 Å². The van der Waals surface area contributed by atoms with Crippen LogP contribution in [0, 0.1) is 5.92 Å². The molecule has 0 radical (unpaired) electrons. The first kappa shape index (κ1) is 24.4. The lowest BCUT2D eigenvalue weighted by Gasteiger charge is -2.32. The summed E-state index contributed by atoms with van der Waals surface area (Å²) in [6.07, 6.45) is 4.46. The molecule has 9 nitrogen and oxygen atoms in total. The first-order chi connectivity index (χ1) is 16.4. The van der Waals surface area contributed by atoms with Crippen LogP contribution in [-0.2, 0) is 19.1 Å². The number of amides is 1. The van der Waals surface area contributed by atoms with E-state index in [9.17, 15) is 14.4 Å². The maximum Gasteiger partial charge on any atom is 0.309 e. The highest BCUT2D eigenvalue weighted by Crippen LogP contribution is 2.34. The number of nitrogens with zero attached hydrogens (tertiary/aromatic N) is 4. The van der Waals surface area contributed by atoms with Crippen molar-refractivity contribution in [2.75, 3.05) is 44.9 Å². The Morgan fingerprint density at radius 3 is 2.76 bits per heavy atom. The Kier molecular flexibility index (Phi) is 7.64. The number of carbonyl (C=O) groups excluding carboxylic acids is 2. The minimum Gasteiger partial charge on any atom is -0.466 e. The number of carbonyl (C=O) groups is 2. The zero-order valence-electron chi connectivity index (χ0n) is 19.1. The van der Waals surface area contributed by atoms with Gasteiger partial charge in [0.25, 0.3) is 11.5 Å². The lowest BCUT2D eigenvalue weighted by Crippen LogP contribution is -2.39. The summed E-state index contributed by atoms with van der Waals surface area (Å²) in [7, 11) is 1.56. The molecule has 0 bridgehead atoms. The number of aromatic nitrogens is 2. The number of methoxy groups -OCH3 is 1. The van der Waals surface area contributed by atoms with E-state index in [0.717, 1.165) is 11.8 Å². The Morgan fingerprint density at radius 1 is 1.29 bits per heavy atom. The molecule has 2 fully saturated rings. The first-order valence-corrected chi connectivity index (χ1v) is 12.3. The first-order valence-electron chi connectivity index (χ1n) is 11.1. The van der Waals surface area contributed by atoms with Crippen molar-refractivity contribution in [3.05, 3.63) is 45.2 Å². The van der Waals surface area contributed by atoms with E-state index >= 15 is 0 Å². The van der Waals surface area contributed by atoms with Gasteiger partial charge in [-0.25, -0.2) is 4.98 Å². The molecule has 4 rings (SSSR count). The SMILES string of the molecule is CCOC(=O)C1CCN(c2nc3ccccn3c(=O)c2C=C2SC(=S)N(CCOC)C2=O)CC1. The van der Waals surface area contributed by atoms with Gasteiger partial charge in [-0.2, -0.15) is 0 Å². The van der Waals surface area contributed by atoms with Gasteiger partial charge in [0.05, 0.1) is 36.1 Å². The average molecular weight is 503 g/mol. The number of hydrogen-bond donors (Lipinski definition) is 0. The second-order valence-electron chi connectivity index (χ2n) is 7.92. The lowest BCUT2D eigenvalue weighted by atomic mass is 9.96. The van der Waals surface area contributed by atoms with Crippen LogP contribution >= 0.6 is 24.0 Å². The van der Waals surface area contributed by atoms with Crippen molar-refractivity contribution < 1.29 is 19.1 Å². The van der Waals surface area contributed by atoms with Crippen LogP contribution in [0.4, 0.5) is 5.82 Å². The van der Waals surface area contributed by atoms with Crippen LogP contribution in [0.1, 0.15) is 25.3 Å². The third-order valence-corrected chi connectivity index (χ3v) is 7.21. The highest BCUT2D eigenvalue weighted by atomic mass is 32.2. The number of rotatable bonds is 7. The second kappa shape index (κ2) is 10.7. The van der Waals surface area contributed by atoms with Crippen molar-refractivity contribution in [2.24, 2.45) is 5.92 Å². The summed E-state index contributed by atoms with van der Waals surface area (Å²) in [6, 6.07) is 5.35. The molecule has 1 amide bonds. The number of ether oxygens (including phenoxy) is 2. The van der Waals surface area contributed by atoms with Crippen LogP contribution in [0.15, 0.2) is 34.1 Å². The van der Waals surface area contributed by atoms with Gasteiger partial charge >= 0.3 is 5.97 Å². The van der Waals surface area contributed by atoms with Gasteiger partial charge in [0, 0.05) is 26.4 Å². The number of thioether (sulfide) groups is 1. The molecule has 2 aromatic heterocycles. The van der Waals surface area contributed by atoms with Crippen molar-refractivity contribution in [2.45, 2.75) is 19.8 Å². The monoisotopic (exact) mass is 502 g/mol. The Hall–Kier alpha value is -2.76. The number of anilines is 1. The quantitative estimate of drug-likeness (QED) is 0.321.